The summed E-state index contributed by atoms with van der Waals surface area (Å²) in [5, 5.41) is 3.00. The summed E-state index contributed by atoms with van der Waals surface area (Å²) in [5.41, 5.74) is 1.40. The Morgan fingerprint density at radius 3 is 2.43 bits per heavy atom. The van der Waals surface area contributed by atoms with Crippen molar-refractivity contribution in [2.45, 2.75) is 11.4 Å². The second-order valence-electron chi connectivity index (χ2n) is 4.38. The summed E-state index contributed by atoms with van der Waals surface area (Å²) >= 11 is 6.63. The molecular formula is C14H14Br2N2O2S. The summed E-state index contributed by atoms with van der Waals surface area (Å²) in [6, 6.07) is 12.3. The molecule has 2 N–H and O–H groups in total. The highest BCUT2D eigenvalue weighted by atomic mass is 79.9. The summed E-state index contributed by atoms with van der Waals surface area (Å²) in [4.78, 5) is 0.214. The lowest BCUT2D eigenvalue weighted by Gasteiger charge is -2.12. The van der Waals surface area contributed by atoms with Gasteiger partial charge >= 0.3 is 0 Å². The van der Waals surface area contributed by atoms with Gasteiger partial charge in [0.2, 0.25) is 0 Å². The SMILES string of the molecule is CNCc1ccc(Br)c(S(=O)(=O)Nc2ccccc2Br)c1. The molecule has 0 bridgehead atoms. The Balaban J connectivity index is 2.40. The van der Waals surface area contributed by atoms with Gasteiger partial charge in [-0.3, -0.25) is 4.72 Å². The summed E-state index contributed by atoms with van der Waals surface area (Å²) < 4.78 is 28.9. The fourth-order valence-electron chi connectivity index (χ4n) is 1.81. The normalized spacial score (nSPS) is 11.4. The lowest BCUT2D eigenvalue weighted by atomic mass is 10.2. The molecule has 0 amide bonds. The van der Waals surface area contributed by atoms with Gasteiger partial charge in [0.1, 0.15) is 4.90 Å². The lowest BCUT2D eigenvalue weighted by molar-refractivity contribution is 0.600. The molecule has 2 aromatic carbocycles. The number of benzene rings is 2. The van der Waals surface area contributed by atoms with Gasteiger partial charge in [0, 0.05) is 15.5 Å². The molecule has 0 aliphatic rings. The molecule has 112 valence electrons. The molecule has 0 unspecified atom stereocenters. The minimum atomic E-state index is -3.66. The maximum Gasteiger partial charge on any atom is 0.263 e. The van der Waals surface area contributed by atoms with Gasteiger partial charge in [0.15, 0.2) is 0 Å². The van der Waals surface area contributed by atoms with Crippen LogP contribution in [-0.2, 0) is 16.6 Å². The minimum absolute atomic E-state index is 0.214. The Labute approximate surface area is 141 Å². The zero-order valence-electron chi connectivity index (χ0n) is 11.2. The van der Waals surface area contributed by atoms with Gasteiger partial charge in [0.25, 0.3) is 10.0 Å². The standard InChI is InChI=1S/C14H14Br2N2O2S/c1-17-9-10-6-7-12(16)14(8-10)21(19,20)18-13-5-3-2-4-11(13)15/h2-8,17-18H,9H2,1H3. The minimum Gasteiger partial charge on any atom is -0.316 e. The van der Waals surface area contributed by atoms with E-state index in [-0.39, 0.29) is 4.90 Å². The first-order valence-corrected chi connectivity index (χ1v) is 9.21. The van der Waals surface area contributed by atoms with Crippen molar-refractivity contribution < 1.29 is 8.42 Å². The Morgan fingerprint density at radius 2 is 1.76 bits per heavy atom. The predicted octanol–water partition coefficient (Wildman–Crippen LogP) is 3.73. The van der Waals surface area contributed by atoms with Crippen LogP contribution in [-0.4, -0.2) is 15.5 Å². The highest BCUT2D eigenvalue weighted by Gasteiger charge is 2.19. The second kappa shape index (κ2) is 6.91. The van der Waals surface area contributed by atoms with E-state index in [4.69, 9.17) is 0 Å². The summed E-state index contributed by atoms with van der Waals surface area (Å²) in [6.07, 6.45) is 0. The Kier molecular flexibility index (Phi) is 5.43. The summed E-state index contributed by atoms with van der Waals surface area (Å²) in [7, 11) is -1.85. The predicted molar refractivity (Wildman–Crippen MR) is 91.9 cm³/mol. The molecule has 0 saturated heterocycles. The van der Waals surface area contributed by atoms with Crippen LogP contribution in [0.15, 0.2) is 56.3 Å². The number of sulfonamides is 1. The molecule has 0 spiro atoms. The highest BCUT2D eigenvalue weighted by Crippen LogP contribution is 2.28. The molecule has 4 nitrogen and oxygen atoms in total. The molecule has 2 rings (SSSR count). The second-order valence-corrected chi connectivity index (χ2v) is 7.74. The fourth-order valence-corrected chi connectivity index (χ4v) is 4.42. The molecule has 21 heavy (non-hydrogen) atoms. The van der Waals surface area contributed by atoms with Crippen molar-refractivity contribution in [2.24, 2.45) is 0 Å². The highest BCUT2D eigenvalue weighted by molar-refractivity contribution is 9.11. The maximum absolute atomic E-state index is 12.5. The van der Waals surface area contributed by atoms with Gasteiger partial charge in [-0.05, 0) is 68.7 Å². The van der Waals surface area contributed by atoms with Gasteiger partial charge in [-0.2, -0.15) is 0 Å². The third kappa shape index (κ3) is 4.06. The average Bonchev–Trinajstić information content (AvgIpc) is 2.43. The summed E-state index contributed by atoms with van der Waals surface area (Å²) in [5.74, 6) is 0. The maximum atomic E-state index is 12.5. The van der Waals surface area contributed by atoms with Crippen molar-refractivity contribution in [3.8, 4) is 0 Å². The number of hydrogen-bond donors (Lipinski definition) is 2. The largest absolute Gasteiger partial charge is 0.316 e. The lowest BCUT2D eigenvalue weighted by Crippen LogP contribution is -2.15. The zero-order chi connectivity index (χ0) is 15.5. The molecule has 0 aromatic heterocycles. The molecule has 0 atom stereocenters. The van der Waals surface area contributed by atoms with Crippen LogP contribution in [0.3, 0.4) is 0 Å². The Morgan fingerprint density at radius 1 is 1.05 bits per heavy atom. The fraction of sp³-hybridized carbons (Fsp3) is 0.143. The van der Waals surface area contributed by atoms with Crippen molar-refractivity contribution >= 4 is 47.6 Å². The first kappa shape index (κ1) is 16.5. The topological polar surface area (TPSA) is 58.2 Å². The van der Waals surface area contributed by atoms with Gasteiger partial charge in [-0.1, -0.05) is 18.2 Å². The molecule has 0 aliphatic carbocycles. The van der Waals surface area contributed by atoms with E-state index in [2.05, 4.69) is 41.9 Å². The van der Waals surface area contributed by atoms with Crippen LogP contribution in [0.1, 0.15) is 5.56 Å². The molecule has 2 aromatic rings. The molecule has 7 heteroatoms. The molecular weight excluding hydrogens is 420 g/mol. The van der Waals surface area contributed by atoms with Crippen molar-refractivity contribution in [3.63, 3.8) is 0 Å². The van der Waals surface area contributed by atoms with E-state index in [1.807, 2.05) is 19.2 Å². The Hall–Kier alpha value is -0.890. The van der Waals surface area contributed by atoms with E-state index in [1.165, 1.54) is 0 Å². The van der Waals surface area contributed by atoms with E-state index < -0.39 is 10.0 Å². The molecule has 0 radical (unpaired) electrons. The number of nitrogens with one attached hydrogen (secondary N) is 2. The van der Waals surface area contributed by atoms with Crippen molar-refractivity contribution in [1.82, 2.24) is 5.32 Å². The van der Waals surface area contributed by atoms with Crippen molar-refractivity contribution in [1.29, 1.82) is 0 Å². The first-order chi connectivity index (χ1) is 9.94. The van der Waals surface area contributed by atoms with E-state index in [1.54, 1.807) is 30.3 Å². The van der Waals surface area contributed by atoms with Gasteiger partial charge < -0.3 is 5.32 Å². The van der Waals surface area contributed by atoms with Crippen LogP contribution in [0.5, 0.6) is 0 Å². The molecule has 0 aliphatic heterocycles. The van der Waals surface area contributed by atoms with Crippen LogP contribution in [0.25, 0.3) is 0 Å². The summed E-state index contributed by atoms with van der Waals surface area (Å²) in [6.45, 7) is 0.602. The van der Waals surface area contributed by atoms with Gasteiger partial charge in [-0.25, -0.2) is 8.42 Å². The molecule has 0 saturated carbocycles. The van der Waals surface area contributed by atoms with Crippen LogP contribution in [0, 0.1) is 0 Å². The number of para-hydroxylation sites is 1. The van der Waals surface area contributed by atoms with E-state index in [0.717, 1.165) is 5.56 Å². The smallest absolute Gasteiger partial charge is 0.263 e. The van der Waals surface area contributed by atoms with E-state index in [9.17, 15) is 8.42 Å². The van der Waals surface area contributed by atoms with Crippen molar-refractivity contribution in [3.05, 3.63) is 57.0 Å². The number of halogens is 2. The number of hydrogen-bond acceptors (Lipinski definition) is 3. The number of anilines is 1. The van der Waals surface area contributed by atoms with Crippen LogP contribution in [0.2, 0.25) is 0 Å². The third-order valence-electron chi connectivity index (χ3n) is 2.78. The average molecular weight is 434 g/mol. The molecule has 0 fully saturated rings. The van der Waals surface area contributed by atoms with Crippen LogP contribution < -0.4 is 10.0 Å². The van der Waals surface area contributed by atoms with Gasteiger partial charge in [-0.15, -0.1) is 0 Å². The van der Waals surface area contributed by atoms with E-state index >= 15 is 0 Å². The van der Waals surface area contributed by atoms with Crippen LogP contribution >= 0.6 is 31.9 Å². The van der Waals surface area contributed by atoms with Crippen LogP contribution in [0.4, 0.5) is 5.69 Å². The quantitative estimate of drug-likeness (QED) is 0.755. The van der Waals surface area contributed by atoms with Gasteiger partial charge in [0.05, 0.1) is 5.69 Å². The van der Waals surface area contributed by atoms with Crippen molar-refractivity contribution in [2.75, 3.05) is 11.8 Å². The zero-order valence-corrected chi connectivity index (χ0v) is 15.2. The first-order valence-electron chi connectivity index (χ1n) is 6.14. The third-order valence-corrected chi connectivity index (χ3v) is 5.84. The molecule has 0 heterocycles. The monoisotopic (exact) mass is 432 g/mol. The van der Waals surface area contributed by atoms with E-state index in [0.29, 0.717) is 21.2 Å². The Bertz CT molecular complexity index is 748. The number of rotatable bonds is 5.